The summed E-state index contributed by atoms with van der Waals surface area (Å²) in [5.74, 6) is -2.34. The van der Waals surface area contributed by atoms with Crippen molar-refractivity contribution in [3.8, 4) is 5.88 Å². The predicted molar refractivity (Wildman–Crippen MR) is 71.0 cm³/mol. The minimum absolute atomic E-state index is 0.258. The third-order valence-electron chi connectivity index (χ3n) is 2.84. The van der Waals surface area contributed by atoms with Crippen LogP contribution < -0.4 is 10.5 Å². The van der Waals surface area contributed by atoms with E-state index in [1.807, 2.05) is 0 Å². The molecule has 1 heterocycles. The van der Waals surface area contributed by atoms with Crippen molar-refractivity contribution in [2.45, 2.75) is 39.8 Å². The van der Waals surface area contributed by atoms with Gasteiger partial charge in [-0.05, 0) is 27.7 Å². The Morgan fingerprint density at radius 3 is 2.32 bits per heavy atom. The first-order valence-corrected chi connectivity index (χ1v) is 6.33. The van der Waals surface area contributed by atoms with Crippen molar-refractivity contribution >= 4 is 5.82 Å². The van der Waals surface area contributed by atoms with E-state index in [0.717, 1.165) is 0 Å². The third-order valence-corrected chi connectivity index (χ3v) is 2.84. The lowest BCUT2D eigenvalue weighted by atomic mass is 10.2. The number of halogens is 2. The summed E-state index contributed by atoms with van der Waals surface area (Å²) in [6.45, 7) is 9.21. The number of anilines is 1. The molecule has 0 aliphatic carbocycles. The maximum absolute atomic E-state index is 13.4. The van der Waals surface area contributed by atoms with Crippen molar-refractivity contribution in [1.29, 1.82) is 0 Å². The fourth-order valence-corrected chi connectivity index (χ4v) is 1.92. The number of nitrogen functional groups attached to an aromatic ring is 1. The number of pyridine rings is 1. The van der Waals surface area contributed by atoms with Crippen molar-refractivity contribution in [3.63, 3.8) is 0 Å². The molecule has 0 saturated carbocycles. The van der Waals surface area contributed by atoms with Gasteiger partial charge in [0, 0.05) is 24.7 Å². The lowest BCUT2D eigenvalue weighted by molar-refractivity contribution is 0.138. The fraction of sp³-hybridized carbons (Fsp3) is 0.615. The first-order chi connectivity index (χ1) is 8.82. The van der Waals surface area contributed by atoms with Crippen LogP contribution in [-0.4, -0.2) is 35.1 Å². The molecule has 19 heavy (non-hydrogen) atoms. The van der Waals surface area contributed by atoms with Crippen molar-refractivity contribution in [3.05, 3.63) is 17.7 Å². The molecule has 0 unspecified atom stereocenters. The van der Waals surface area contributed by atoms with Crippen molar-refractivity contribution in [1.82, 2.24) is 9.88 Å². The maximum atomic E-state index is 13.4. The molecule has 0 fully saturated rings. The second-order valence-corrected chi connectivity index (χ2v) is 4.92. The first kappa shape index (κ1) is 15.6. The van der Waals surface area contributed by atoms with E-state index in [0.29, 0.717) is 24.7 Å². The van der Waals surface area contributed by atoms with Gasteiger partial charge in [0.05, 0.1) is 0 Å². The first-order valence-electron chi connectivity index (χ1n) is 6.33. The highest BCUT2D eigenvalue weighted by Gasteiger charge is 2.15. The van der Waals surface area contributed by atoms with Gasteiger partial charge in [-0.2, -0.15) is 4.98 Å². The Labute approximate surface area is 112 Å². The fourth-order valence-electron chi connectivity index (χ4n) is 1.92. The summed E-state index contributed by atoms with van der Waals surface area (Å²) in [7, 11) is 0. The van der Waals surface area contributed by atoms with E-state index in [4.69, 9.17) is 10.5 Å². The van der Waals surface area contributed by atoms with Crippen LogP contribution in [0.15, 0.2) is 6.07 Å². The lowest BCUT2D eigenvalue weighted by Gasteiger charge is -2.30. The van der Waals surface area contributed by atoms with Gasteiger partial charge in [0.2, 0.25) is 0 Å². The molecule has 0 saturated heterocycles. The maximum Gasteiger partial charge on any atom is 0.252 e. The summed E-state index contributed by atoms with van der Waals surface area (Å²) in [4.78, 5) is 5.75. The smallest absolute Gasteiger partial charge is 0.252 e. The van der Waals surface area contributed by atoms with Crippen LogP contribution in [0.25, 0.3) is 0 Å². The van der Waals surface area contributed by atoms with Gasteiger partial charge >= 0.3 is 0 Å². The van der Waals surface area contributed by atoms with Crippen LogP contribution in [0.5, 0.6) is 5.88 Å². The molecule has 0 amide bonds. The number of nitrogens with two attached hydrogens (primary N) is 1. The molecule has 0 atom stereocenters. The van der Waals surface area contributed by atoms with E-state index in [-0.39, 0.29) is 18.3 Å². The molecule has 1 rings (SSSR count). The van der Waals surface area contributed by atoms with E-state index < -0.39 is 11.6 Å². The molecular weight excluding hydrogens is 252 g/mol. The quantitative estimate of drug-likeness (QED) is 0.865. The highest BCUT2D eigenvalue weighted by molar-refractivity contribution is 5.34. The van der Waals surface area contributed by atoms with Crippen LogP contribution in [0.2, 0.25) is 0 Å². The van der Waals surface area contributed by atoms with Crippen LogP contribution in [0, 0.1) is 11.6 Å². The molecule has 4 nitrogen and oxygen atoms in total. The van der Waals surface area contributed by atoms with Crippen molar-refractivity contribution in [2.24, 2.45) is 0 Å². The second kappa shape index (κ2) is 6.65. The Morgan fingerprint density at radius 2 is 1.79 bits per heavy atom. The molecule has 1 aromatic heterocycles. The van der Waals surface area contributed by atoms with Crippen LogP contribution in [0.4, 0.5) is 14.6 Å². The number of ether oxygens (including phenoxy) is 1. The largest absolute Gasteiger partial charge is 0.474 e. The average Bonchev–Trinajstić information content (AvgIpc) is 2.29. The van der Waals surface area contributed by atoms with Gasteiger partial charge in [-0.25, -0.2) is 8.78 Å². The van der Waals surface area contributed by atoms with Gasteiger partial charge < -0.3 is 10.5 Å². The summed E-state index contributed by atoms with van der Waals surface area (Å²) in [6, 6.07) is 1.40. The Bertz CT molecular complexity index is 417. The van der Waals surface area contributed by atoms with E-state index in [9.17, 15) is 8.78 Å². The standard InChI is InChI=1S/C13H21F2N3O/c1-8(2)18(9(3)4)5-6-19-13-11(15)7-10(14)12(16)17-13/h7-9H,5-6H2,1-4H3,(H2,16,17). The minimum atomic E-state index is -0.879. The number of hydrogen-bond donors (Lipinski definition) is 1. The molecule has 0 spiro atoms. The summed E-state index contributed by atoms with van der Waals surface area (Å²) in [6.07, 6.45) is 0. The summed E-state index contributed by atoms with van der Waals surface area (Å²) in [5.41, 5.74) is 5.27. The lowest BCUT2D eigenvalue weighted by Crippen LogP contribution is -2.39. The van der Waals surface area contributed by atoms with Gasteiger partial charge in [-0.3, -0.25) is 4.90 Å². The summed E-state index contributed by atoms with van der Waals surface area (Å²) < 4.78 is 31.5. The second-order valence-electron chi connectivity index (χ2n) is 4.92. The van der Waals surface area contributed by atoms with Gasteiger partial charge in [0.15, 0.2) is 17.5 Å². The molecule has 0 radical (unpaired) electrons. The Kier molecular flexibility index (Phi) is 5.47. The SMILES string of the molecule is CC(C)N(CCOc1nc(N)c(F)cc1F)C(C)C. The number of hydrogen-bond acceptors (Lipinski definition) is 4. The minimum Gasteiger partial charge on any atom is -0.474 e. The van der Waals surface area contributed by atoms with Crippen LogP contribution in [0.1, 0.15) is 27.7 Å². The van der Waals surface area contributed by atoms with Gasteiger partial charge in [-0.1, -0.05) is 0 Å². The van der Waals surface area contributed by atoms with Gasteiger partial charge in [0.25, 0.3) is 5.88 Å². The highest BCUT2D eigenvalue weighted by Crippen LogP contribution is 2.18. The topological polar surface area (TPSA) is 51.4 Å². The molecule has 0 aliphatic rings. The number of aromatic nitrogens is 1. The molecular formula is C13H21F2N3O. The van der Waals surface area contributed by atoms with E-state index in [1.165, 1.54) is 0 Å². The van der Waals surface area contributed by atoms with Crippen LogP contribution in [0.3, 0.4) is 0 Å². The summed E-state index contributed by atoms with van der Waals surface area (Å²) in [5, 5.41) is 0. The molecule has 6 heteroatoms. The van der Waals surface area contributed by atoms with Crippen molar-refractivity contribution < 1.29 is 13.5 Å². The third kappa shape index (κ3) is 4.31. The van der Waals surface area contributed by atoms with Gasteiger partial charge in [0.1, 0.15) is 6.61 Å². The van der Waals surface area contributed by atoms with E-state index >= 15 is 0 Å². The average molecular weight is 273 g/mol. The molecule has 0 aromatic carbocycles. The normalized spacial score (nSPS) is 11.6. The predicted octanol–water partition coefficient (Wildman–Crippen LogP) is 2.44. The molecule has 108 valence electrons. The molecule has 0 bridgehead atoms. The van der Waals surface area contributed by atoms with Crippen molar-refractivity contribution in [2.75, 3.05) is 18.9 Å². The summed E-state index contributed by atoms with van der Waals surface area (Å²) >= 11 is 0. The Hall–Kier alpha value is -1.43. The van der Waals surface area contributed by atoms with Gasteiger partial charge in [-0.15, -0.1) is 0 Å². The Balaban J connectivity index is 2.60. The molecule has 2 N–H and O–H groups in total. The zero-order chi connectivity index (χ0) is 14.6. The molecule has 0 aliphatic heterocycles. The number of rotatable bonds is 6. The zero-order valence-electron chi connectivity index (χ0n) is 11.8. The van der Waals surface area contributed by atoms with Crippen LogP contribution >= 0.6 is 0 Å². The number of nitrogens with zero attached hydrogens (tertiary/aromatic N) is 2. The monoisotopic (exact) mass is 273 g/mol. The Morgan fingerprint density at radius 1 is 1.21 bits per heavy atom. The zero-order valence-corrected chi connectivity index (χ0v) is 11.8. The van der Waals surface area contributed by atoms with Crippen LogP contribution in [-0.2, 0) is 0 Å². The van der Waals surface area contributed by atoms with E-state index in [1.54, 1.807) is 0 Å². The van der Waals surface area contributed by atoms with E-state index in [2.05, 4.69) is 37.6 Å². The molecule has 1 aromatic rings. The highest BCUT2D eigenvalue weighted by atomic mass is 19.1.